The summed E-state index contributed by atoms with van der Waals surface area (Å²) in [5.41, 5.74) is 0.254. The molecule has 2 rings (SSSR count). The van der Waals surface area contributed by atoms with Crippen LogP contribution < -0.4 is 15.4 Å². The minimum Gasteiger partial charge on any atom is -0.497 e. The third kappa shape index (κ3) is 4.94. The van der Waals surface area contributed by atoms with Crippen LogP contribution in [-0.4, -0.2) is 35.1 Å². The number of nitrogens with one attached hydrogen (secondary N) is 2. The first-order valence-electron chi connectivity index (χ1n) is 7.57. The van der Waals surface area contributed by atoms with E-state index >= 15 is 0 Å². The maximum absolute atomic E-state index is 12.5. The minimum absolute atomic E-state index is 0.0635. The summed E-state index contributed by atoms with van der Waals surface area (Å²) < 4.78 is 5.02. The summed E-state index contributed by atoms with van der Waals surface area (Å²) in [6.07, 6.45) is -0.548. The van der Waals surface area contributed by atoms with Gasteiger partial charge in [-0.1, -0.05) is 12.1 Å². The summed E-state index contributed by atoms with van der Waals surface area (Å²) in [6, 6.07) is 11.0. The summed E-state index contributed by atoms with van der Waals surface area (Å²) >= 11 is 0. The Hall–Kier alpha value is -3.62. The number of carbonyl (C=O) groups is 2. The third-order valence-electron chi connectivity index (χ3n) is 3.48. The largest absolute Gasteiger partial charge is 0.497 e. The number of ether oxygens (including phenoxy) is 1. The van der Waals surface area contributed by atoms with Crippen LogP contribution in [0.25, 0.3) is 0 Å². The monoisotopic (exact) mass is 359 g/mol. The minimum atomic E-state index is -1.22. The molecule has 1 unspecified atom stereocenters. The van der Waals surface area contributed by atoms with E-state index in [1.165, 1.54) is 25.3 Å². The number of hydrogen-bond donors (Lipinski definition) is 3. The zero-order chi connectivity index (χ0) is 19.1. The van der Waals surface area contributed by atoms with Crippen molar-refractivity contribution in [3.05, 3.63) is 58.6 Å². The molecule has 9 nitrogen and oxygen atoms in total. The average Bonchev–Trinajstić information content (AvgIpc) is 2.61. The fourth-order valence-corrected chi connectivity index (χ4v) is 2.23. The van der Waals surface area contributed by atoms with Crippen LogP contribution >= 0.6 is 0 Å². The molecule has 0 radical (unpaired) electrons. The smallest absolute Gasteiger partial charge is 0.305 e. The number of aliphatic carboxylic acids is 1. The topological polar surface area (TPSA) is 131 Å². The number of nitrogens with zero attached hydrogens (tertiary/aromatic N) is 1. The number of hydrogen-bond acceptors (Lipinski definition) is 6. The van der Waals surface area contributed by atoms with Gasteiger partial charge in [0.2, 0.25) is 5.91 Å². The van der Waals surface area contributed by atoms with E-state index in [-0.39, 0.29) is 11.4 Å². The maximum atomic E-state index is 12.5. The predicted octanol–water partition coefficient (Wildman–Crippen LogP) is 2.50. The highest BCUT2D eigenvalue weighted by atomic mass is 16.6. The van der Waals surface area contributed by atoms with Gasteiger partial charge in [0.15, 0.2) is 0 Å². The van der Waals surface area contributed by atoms with Crippen molar-refractivity contribution in [2.75, 3.05) is 17.7 Å². The number of amides is 1. The number of carboxylic acids is 1. The van der Waals surface area contributed by atoms with E-state index in [4.69, 9.17) is 9.84 Å². The van der Waals surface area contributed by atoms with Gasteiger partial charge in [0.1, 0.15) is 17.5 Å². The van der Waals surface area contributed by atoms with Gasteiger partial charge in [-0.3, -0.25) is 19.7 Å². The molecule has 2 aromatic carbocycles. The number of carbonyl (C=O) groups excluding carboxylic acids is 1. The first kappa shape index (κ1) is 18.7. The highest BCUT2D eigenvalue weighted by Gasteiger charge is 2.24. The van der Waals surface area contributed by atoms with Gasteiger partial charge in [-0.05, 0) is 30.3 Å². The van der Waals surface area contributed by atoms with Crippen LogP contribution in [0, 0.1) is 10.1 Å². The lowest BCUT2D eigenvalue weighted by molar-refractivity contribution is -0.384. The molecule has 0 aliphatic rings. The Morgan fingerprint density at radius 2 is 1.85 bits per heavy atom. The summed E-state index contributed by atoms with van der Waals surface area (Å²) in [5.74, 6) is -1.25. The zero-order valence-electron chi connectivity index (χ0n) is 13.8. The molecule has 3 N–H and O–H groups in total. The van der Waals surface area contributed by atoms with E-state index in [1.807, 2.05) is 0 Å². The second kappa shape index (κ2) is 8.47. The Morgan fingerprint density at radius 3 is 2.42 bits per heavy atom. The molecule has 0 aliphatic heterocycles. The van der Waals surface area contributed by atoms with Crippen molar-refractivity contribution in [1.82, 2.24) is 0 Å². The van der Waals surface area contributed by atoms with Gasteiger partial charge in [0, 0.05) is 11.8 Å². The fourth-order valence-electron chi connectivity index (χ4n) is 2.23. The Kier molecular flexibility index (Phi) is 6.10. The molecule has 0 saturated heterocycles. The molecule has 0 saturated carbocycles. The second-order valence-corrected chi connectivity index (χ2v) is 5.29. The van der Waals surface area contributed by atoms with Gasteiger partial charge < -0.3 is 20.5 Å². The Balaban J connectivity index is 2.19. The Bertz CT molecular complexity index is 806. The Morgan fingerprint density at radius 1 is 1.19 bits per heavy atom. The molecule has 0 bridgehead atoms. The van der Waals surface area contributed by atoms with Crippen molar-refractivity contribution in [2.45, 2.75) is 12.5 Å². The first-order chi connectivity index (χ1) is 12.4. The fraction of sp³-hybridized carbons (Fsp3) is 0.176. The van der Waals surface area contributed by atoms with E-state index < -0.39 is 29.3 Å². The molecule has 2 aromatic rings. The number of carboxylic acid groups (broad SMARTS) is 1. The van der Waals surface area contributed by atoms with E-state index in [0.29, 0.717) is 11.4 Å². The van der Waals surface area contributed by atoms with E-state index in [1.54, 1.807) is 30.3 Å². The van der Waals surface area contributed by atoms with Crippen LogP contribution in [0.4, 0.5) is 17.1 Å². The van der Waals surface area contributed by atoms with Crippen molar-refractivity contribution in [3.63, 3.8) is 0 Å². The van der Waals surface area contributed by atoms with Gasteiger partial charge in [0.25, 0.3) is 5.69 Å². The summed E-state index contributed by atoms with van der Waals surface area (Å²) in [5, 5.41) is 25.4. The van der Waals surface area contributed by atoms with Crippen LogP contribution in [0.3, 0.4) is 0 Å². The maximum Gasteiger partial charge on any atom is 0.305 e. The molecule has 1 amide bonds. The molecule has 136 valence electrons. The quantitative estimate of drug-likeness (QED) is 0.487. The van der Waals surface area contributed by atoms with E-state index in [0.717, 1.165) is 0 Å². The summed E-state index contributed by atoms with van der Waals surface area (Å²) in [4.78, 5) is 34.0. The number of benzene rings is 2. The van der Waals surface area contributed by atoms with Crippen LogP contribution in [0.1, 0.15) is 6.42 Å². The standard InChI is InChI=1S/C17H17N3O6/c1-26-12-8-6-11(7-9-12)18-17(23)14(10-16(21)22)19-13-4-2-3-5-15(13)20(24)25/h2-9,14,19H,10H2,1H3,(H,18,23)(H,21,22). The number of nitro benzene ring substituents is 1. The van der Waals surface area contributed by atoms with Crippen molar-refractivity contribution in [1.29, 1.82) is 0 Å². The number of anilines is 2. The normalized spacial score (nSPS) is 11.3. The average molecular weight is 359 g/mol. The molecular formula is C17H17N3O6. The molecule has 0 aliphatic carbocycles. The van der Waals surface area contributed by atoms with Crippen LogP contribution in [-0.2, 0) is 9.59 Å². The first-order valence-corrected chi connectivity index (χ1v) is 7.57. The number of rotatable bonds is 8. The number of nitro groups is 1. The molecule has 1 atom stereocenters. The molecule has 0 aromatic heterocycles. The second-order valence-electron chi connectivity index (χ2n) is 5.29. The third-order valence-corrected chi connectivity index (χ3v) is 3.48. The van der Waals surface area contributed by atoms with Gasteiger partial charge in [-0.15, -0.1) is 0 Å². The molecule has 0 spiro atoms. The van der Waals surface area contributed by atoms with Crippen molar-refractivity contribution < 1.29 is 24.4 Å². The SMILES string of the molecule is COc1ccc(NC(=O)C(CC(=O)O)Nc2ccccc2[N+](=O)[O-])cc1. The lowest BCUT2D eigenvalue weighted by Gasteiger charge is -2.18. The van der Waals surface area contributed by atoms with Gasteiger partial charge in [0.05, 0.1) is 18.5 Å². The van der Waals surface area contributed by atoms with E-state index in [9.17, 15) is 19.7 Å². The molecular weight excluding hydrogens is 342 g/mol. The number of para-hydroxylation sites is 2. The highest BCUT2D eigenvalue weighted by Crippen LogP contribution is 2.25. The van der Waals surface area contributed by atoms with Gasteiger partial charge in [-0.25, -0.2) is 0 Å². The molecule has 26 heavy (non-hydrogen) atoms. The highest BCUT2D eigenvalue weighted by molar-refractivity contribution is 5.98. The van der Waals surface area contributed by atoms with Crippen LogP contribution in [0.15, 0.2) is 48.5 Å². The zero-order valence-corrected chi connectivity index (χ0v) is 13.8. The van der Waals surface area contributed by atoms with E-state index in [2.05, 4.69) is 10.6 Å². The lowest BCUT2D eigenvalue weighted by Crippen LogP contribution is -2.36. The summed E-state index contributed by atoms with van der Waals surface area (Å²) in [7, 11) is 1.51. The molecule has 9 heteroatoms. The van der Waals surface area contributed by atoms with Crippen LogP contribution in [0.5, 0.6) is 5.75 Å². The molecule has 0 heterocycles. The Labute approximate surface area is 148 Å². The summed E-state index contributed by atoms with van der Waals surface area (Å²) in [6.45, 7) is 0. The number of methoxy groups -OCH3 is 1. The van der Waals surface area contributed by atoms with Crippen LogP contribution in [0.2, 0.25) is 0 Å². The van der Waals surface area contributed by atoms with Crippen molar-refractivity contribution >= 4 is 28.9 Å². The lowest BCUT2D eigenvalue weighted by atomic mass is 10.1. The van der Waals surface area contributed by atoms with Crippen molar-refractivity contribution in [3.8, 4) is 5.75 Å². The van der Waals surface area contributed by atoms with Crippen molar-refractivity contribution in [2.24, 2.45) is 0 Å². The molecule has 0 fully saturated rings. The van der Waals surface area contributed by atoms with Gasteiger partial charge >= 0.3 is 5.97 Å². The van der Waals surface area contributed by atoms with Gasteiger partial charge in [-0.2, -0.15) is 0 Å². The predicted molar refractivity (Wildman–Crippen MR) is 94.4 cm³/mol.